The second-order valence-electron chi connectivity index (χ2n) is 11.3. The maximum atomic E-state index is 12.3. The first-order valence-corrected chi connectivity index (χ1v) is 16.1. The molecule has 2 heterocycles. The Kier molecular flexibility index (Phi) is 9.61. The lowest BCUT2D eigenvalue weighted by molar-refractivity contribution is 0.0686. The molecule has 0 aliphatic heterocycles. The first-order chi connectivity index (χ1) is 24.9. The molecule has 2 aromatic heterocycles. The van der Waals surface area contributed by atoms with E-state index in [1.54, 1.807) is 57.7 Å². The summed E-state index contributed by atoms with van der Waals surface area (Å²) in [5.41, 5.74) is 13.3. The highest BCUT2D eigenvalue weighted by Gasteiger charge is 2.25. The molecule has 6 aromatic rings. The summed E-state index contributed by atoms with van der Waals surface area (Å²) in [5.74, 6) is -3.18. The Hall–Kier alpha value is -6.38. The highest BCUT2D eigenvalue weighted by Crippen LogP contribution is 2.37. The molecule has 0 aliphatic rings. The van der Waals surface area contributed by atoms with Crippen LogP contribution in [0.1, 0.15) is 41.4 Å². The second kappa shape index (κ2) is 14.1. The van der Waals surface area contributed by atoms with Crippen LogP contribution in [0.15, 0.2) is 72.8 Å². The minimum absolute atomic E-state index is 0.0914. The van der Waals surface area contributed by atoms with Crippen LogP contribution in [0.2, 0.25) is 10.0 Å². The molecule has 0 bridgehead atoms. The van der Waals surface area contributed by atoms with Gasteiger partial charge in [0, 0.05) is 34.3 Å². The Labute approximate surface area is 304 Å². The van der Waals surface area contributed by atoms with Gasteiger partial charge < -0.3 is 40.3 Å². The number of hydrogen-bond donors (Lipinski definition) is 4. The van der Waals surface area contributed by atoms with Crippen LogP contribution in [0.4, 0.5) is 0 Å². The molecule has 4 aromatic carbocycles. The molecule has 6 rings (SSSR count). The topological polar surface area (TPSA) is 215 Å². The number of carbonyl (C=O) groups is 4. The molecule has 264 valence electrons. The summed E-state index contributed by atoms with van der Waals surface area (Å²) < 4.78 is 14.6. The summed E-state index contributed by atoms with van der Waals surface area (Å²) in [6, 6.07) is 15.1. The van der Waals surface area contributed by atoms with Gasteiger partial charge in [0.15, 0.2) is 11.5 Å². The number of rotatable bonds is 12. The Morgan fingerprint density at radius 3 is 1.37 bits per heavy atom. The number of allylic oxidation sites excluding steroid dienone is 2. The number of aromatic carboxylic acids is 2. The van der Waals surface area contributed by atoms with Crippen molar-refractivity contribution in [2.75, 3.05) is 14.2 Å². The number of fused-ring (bicyclic) bond motifs is 2. The van der Waals surface area contributed by atoms with Crippen molar-refractivity contribution in [3.63, 3.8) is 0 Å². The number of halogens is 2. The number of hydrogen-bond acceptors (Lipinski definition) is 8. The van der Waals surface area contributed by atoms with Gasteiger partial charge in [-0.05, 0) is 60.7 Å². The van der Waals surface area contributed by atoms with Crippen molar-refractivity contribution in [2.24, 2.45) is 11.5 Å². The van der Waals surface area contributed by atoms with Crippen LogP contribution in [-0.2, 0) is 13.1 Å². The van der Waals surface area contributed by atoms with Crippen LogP contribution in [0.3, 0.4) is 0 Å². The molecular weight excluding hydrogens is 715 g/mol. The fourth-order valence-electron chi connectivity index (χ4n) is 6.05. The van der Waals surface area contributed by atoms with E-state index in [1.165, 1.54) is 38.5 Å². The lowest BCUT2D eigenvalue weighted by Gasteiger charge is -2.11. The zero-order chi connectivity index (χ0) is 37.4. The van der Waals surface area contributed by atoms with Crippen molar-refractivity contribution in [3.05, 3.63) is 105 Å². The fourth-order valence-corrected chi connectivity index (χ4v) is 6.40. The minimum atomic E-state index is -1.23. The molecule has 16 heteroatoms. The van der Waals surface area contributed by atoms with Crippen LogP contribution in [0, 0.1) is 0 Å². The molecule has 0 radical (unpaired) electrons. The molecule has 0 saturated heterocycles. The van der Waals surface area contributed by atoms with Gasteiger partial charge in [-0.1, -0.05) is 35.4 Å². The van der Waals surface area contributed by atoms with Crippen molar-refractivity contribution >= 4 is 69.0 Å². The van der Waals surface area contributed by atoms with Crippen molar-refractivity contribution in [1.82, 2.24) is 19.1 Å². The number of ether oxygens (including phenoxy) is 2. The standard InChI is InChI=1S/C36H28Cl2N6O8/c1-51-29-21(31(39)45)9-11-25-27(29)41-33(19-7-5-17(37)15-23(19)35(47)48)43(25)13-3-4-14-44-26-12-10-22(32(40)46)30(52-2)28(26)42-34(44)20-8-6-18(38)16-24(20)36(49)50/h3-12,15-16H,13-14H2,1-2H3,(H2,39,45)(H2,40,46)(H,47,48)(H,49,50)/b4-3+. The number of nitrogens with zero attached hydrogens (tertiary/aromatic N) is 4. The van der Waals surface area contributed by atoms with Crippen LogP contribution in [-0.4, -0.2) is 67.3 Å². The molecule has 0 fully saturated rings. The van der Waals surface area contributed by atoms with E-state index < -0.39 is 23.8 Å². The predicted molar refractivity (Wildman–Crippen MR) is 194 cm³/mol. The van der Waals surface area contributed by atoms with Gasteiger partial charge in [0.1, 0.15) is 22.7 Å². The van der Waals surface area contributed by atoms with Crippen molar-refractivity contribution in [3.8, 4) is 34.3 Å². The molecule has 2 amide bonds. The fraction of sp³-hybridized carbons (Fsp3) is 0.111. The SMILES string of the molecule is COc1c(C(N)=O)ccc2c1nc(-c1ccc(Cl)cc1C(=O)O)n2C/C=C/Cn1c(-c2ccc(Cl)cc2C(=O)O)nc2c(OC)c(C(N)=O)ccc21. The summed E-state index contributed by atoms with van der Waals surface area (Å²) in [6.07, 6.45) is 3.58. The van der Waals surface area contributed by atoms with Crippen LogP contribution < -0.4 is 20.9 Å². The van der Waals surface area contributed by atoms with E-state index >= 15 is 0 Å². The molecule has 0 atom stereocenters. The van der Waals surface area contributed by atoms with Gasteiger partial charge in [-0.3, -0.25) is 9.59 Å². The van der Waals surface area contributed by atoms with Gasteiger partial charge in [0.2, 0.25) is 0 Å². The highest BCUT2D eigenvalue weighted by atomic mass is 35.5. The Bertz CT molecular complexity index is 2330. The summed E-state index contributed by atoms with van der Waals surface area (Å²) in [5, 5.41) is 20.5. The van der Waals surface area contributed by atoms with Crippen molar-refractivity contribution in [1.29, 1.82) is 0 Å². The van der Waals surface area contributed by atoms with E-state index in [1.807, 2.05) is 0 Å². The van der Waals surface area contributed by atoms with E-state index in [0.717, 1.165) is 0 Å². The molecule has 0 spiro atoms. The van der Waals surface area contributed by atoms with Crippen molar-refractivity contribution < 1.29 is 38.9 Å². The third-order valence-corrected chi connectivity index (χ3v) is 8.81. The minimum Gasteiger partial charge on any atom is -0.494 e. The van der Waals surface area contributed by atoms with E-state index in [9.17, 15) is 29.4 Å². The van der Waals surface area contributed by atoms with Crippen LogP contribution >= 0.6 is 23.2 Å². The third kappa shape index (κ3) is 6.25. The van der Waals surface area contributed by atoms with E-state index in [4.69, 9.17) is 54.1 Å². The lowest BCUT2D eigenvalue weighted by Crippen LogP contribution is -2.12. The normalized spacial score (nSPS) is 11.4. The lowest BCUT2D eigenvalue weighted by atomic mass is 10.1. The number of aromatic nitrogens is 4. The van der Waals surface area contributed by atoms with E-state index in [2.05, 4.69) is 0 Å². The molecule has 52 heavy (non-hydrogen) atoms. The monoisotopic (exact) mass is 742 g/mol. The summed E-state index contributed by atoms with van der Waals surface area (Å²) in [4.78, 5) is 58.5. The predicted octanol–water partition coefficient (Wildman–Crippen LogP) is 5.89. The summed E-state index contributed by atoms with van der Waals surface area (Å²) in [7, 11) is 2.74. The molecule has 0 saturated carbocycles. The highest BCUT2D eigenvalue weighted by molar-refractivity contribution is 6.31. The molecule has 14 nitrogen and oxygen atoms in total. The summed E-state index contributed by atoms with van der Waals surface area (Å²) in [6.45, 7) is 0.288. The number of carbonyl (C=O) groups excluding carboxylic acids is 2. The third-order valence-electron chi connectivity index (χ3n) is 8.34. The maximum absolute atomic E-state index is 12.3. The first-order valence-electron chi connectivity index (χ1n) is 15.3. The number of primary amides is 2. The molecule has 0 unspecified atom stereocenters. The Morgan fingerprint density at radius 1 is 0.654 bits per heavy atom. The zero-order valence-corrected chi connectivity index (χ0v) is 28.9. The zero-order valence-electron chi connectivity index (χ0n) is 27.4. The smallest absolute Gasteiger partial charge is 0.336 e. The Morgan fingerprint density at radius 2 is 1.04 bits per heavy atom. The number of nitrogens with two attached hydrogens (primary N) is 2. The Balaban J connectivity index is 1.50. The van der Waals surface area contributed by atoms with Gasteiger partial charge in [-0.2, -0.15) is 0 Å². The maximum Gasteiger partial charge on any atom is 0.336 e. The van der Waals surface area contributed by atoms with Gasteiger partial charge in [0.25, 0.3) is 11.8 Å². The van der Waals surface area contributed by atoms with Gasteiger partial charge in [-0.15, -0.1) is 0 Å². The molecule has 6 N–H and O–H groups in total. The van der Waals surface area contributed by atoms with Gasteiger partial charge in [-0.25, -0.2) is 19.6 Å². The number of carboxylic acid groups (broad SMARTS) is 2. The quantitative estimate of drug-likeness (QED) is 0.109. The van der Waals surface area contributed by atoms with E-state index in [0.29, 0.717) is 11.0 Å². The molecular formula is C36H28Cl2N6O8. The summed E-state index contributed by atoms with van der Waals surface area (Å²) >= 11 is 12.3. The average molecular weight is 744 g/mol. The van der Waals surface area contributed by atoms with Crippen molar-refractivity contribution in [2.45, 2.75) is 13.1 Å². The van der Waals surface area contributed by atoms with Gasteiger partial charge in [0.05, 0.1) is 47.5 Å². The number of amides is 2. The van der Waals surface area contributed by atoms with Gasteiger partial charge >= 0.3 is 11.9 Å². The number of carboxylic acids is 2. The number of methoxy groups -OCH3 is 2. The van der Waals surface area contributed by atoms with E-state index in [-0.39, 0.29) is 90.7 Å². The second-order valence-corrected chi connectivity index (χ2v) is 12.2. The molecule has 0 aliphatic carbocycles. The number of imidazole rings is 2. The van der Waals surface area contributed by atoms with Crippen LogP contribution in [0.25, 0.3) is 44.8 Å². The largest absolute Gasteiger partial charge is 0.494 e. The van der Waals surface area contributed by atoms with Crippen LogP contribution in [0.5, 0.6) is 11.5 Å². The number of benzene rings is 4. The average Bonchev–Trinajstić information content (AvgIpc) is 3.67. The first kappa shape index (κ1) is 35.4.